The molecule has 0 aromatic heterocycles. The number of hydrogen-bond acceptors (Lipinski definition) is 2. The lowest BCUT2D eigenvalue weighted by molar-refractivity contribution is 0.514. The summed E-state index contributed by atoms with van der Waals surface area (Å²) in [6, 6.07) is 7.57. The topological polar surface area (TPSA) is 46.2 Å². The lowest BCUT2D eigenvalue weighted by atomic mass is 10.0. The van der Waals surface area contributed by atoms with Crippen molar-refractivity contribution < 1.29 is 8.42 Å². The minimum Gasteiger partial charge on any atom is -0.212 e. The summed E-state index contributed by atoms with van der Waals surface area (Å²) in [5.74, 6) is 0.153. The zero-order valence-corrected chi connectivity index (χ0v) is 12.3. The van der Waals surface area contributed by atoms with Gasteiger partial charge in [-0.25, -0.2) is 13.1 Å². The van der Waals surface area contributed by atoms with Crippen molar-refractivity contribution in [3.63, 3.8) is 0 Å². The van der Waals surface area contributed by atoms with Crippen LogP contribution in [0.15, 0.2) is 28.7 Å². The van der Waals surface area contributed by atoms with E-state index in [1.165, 1.54) is 0 Å². The number of halogens is 2. The molecule has 2 atom stereocenters. The van der Waals surface area contributed by atoms with Crippen LogP contribution in [0.4, 0.5) is 0 Å². The minimum atomic E-state index is -3.15. The molecule has 1 N–H and O–H groups in total. The molecule has 3 nitrogen and oxygen atoms in total. The van der Waals surface area contributed by atoms with Crippen molar-refractivity contribution in [3.05, 3.63) is 34.3 Å². The zero-order valence-electron chi connectivity index (χ0n) is 8.36. The Balaban J connectivity index is 2.24. The number of alkyl halides is 1. The molecular formula is C10H11Br2NO2S. The Labute approximate surface area is 112 Å². The highest BCUT2D eigenvalue weighted by molar-refractivity contribution is 9.10. The van der Waals surface area contributed by atoms with Gasteiger partial charge in [0.15, 0.2) is 0 Å². The zero-order chi connectivity index (χ0) is 11.8. The predicted molar refractivity (Wildman–Crippen MR) is 71.1 cm³/mol. The molecular weight excluding hydrogens is 358 g/mol. The van der Waals surface area contributed by atoms with Gasteiger partial charge in [-0.15, -0.1) is 0 Å². The van der Waals surface area contributed by atoms with Gasteiger partial charge in [0.05, 0.1) is 5.75 Å². The van der Waals surface area contributed by atoms with Crippen molar-refractivity contribution in [1.29, 1.82) is 0 Å². The molecule has 1 aromatic rings. The molecule has 0 aliphatic carbocycles. The van der Waals surface area contributed by atoms with Crippen LogP contribution in [0, 0.1) is 0 Å². The Morgan fingerprint density at radius 2 is 1.88 bits per heavy atom. The summed E-state index contributed by atoms with van der Waals surface area (Å²) in [7, 11) is -3.15. The van der Waals surface area contributed by atoms with Gasteiger partial charge < -0.3 is 0 Å². The van der Waals surface area contributed by atoms with Crippen LogP contribution in [0.2, 0.25) is 0 Å². The van der Waals surface area contributed by atoms with Crippen LogP contribution in [0.1, 0.15) is 18.0 Å². The Morgan fingerprint density at radius 3 is 2.44 bits per heavy atom. The van der Waals surface area contributed by atoms with E-state index in [9.17, 15) is 8.42 Å². The van der Waals surface area contributed by atoms with Crippen molar-refractivity contribution in [2.45, 2.75) is 17.3 Å². The minimum absolute atomic E-state index is 0.0207. The lowest BCUT2D eigenvalue weighted by Gasteiger charge is -2.27. The Bertz CT molecular complexity index is 472. The van der Waals surface area contributed by atoms with Gasteiger partial charge in [0.25, 0.3) is 0 Å². The van der Waals surface area contributed by atoms with E-state index < -0.39 is 10.0 Å². The van der Waals surface area contributed by atoms with Gasteiger partial charge in [-0.3, -0.25) is 0 Å². The molecule has 0 bridgehead atoms. The lowest BCUT2D eigenvalue weighted by Crippen LogP contribution is -2.40. The maximum atomic E-state index is 11.6. The predicted octanol–water partition coefficient (Wildman–Crippen LogP) is 2.58. The molecule has 1 fully saturated rings. The highest BCUT2D eigenvalue weighted by Gasteiger charge is 2.30. The van der Waals surface area contributed by atoms with E-state index in [0.717, 1.165) is 16.5 Å². The number of benzene rings is 1. The second-order valence-electron chi connectivity index (χ2n) is 3.84. The van der Waals surface area contributed by atoms with Gasteiger partial charge in [0.2, 0.25) is 10.0 Å². The molecule has 0 saturated carbocycles. The van der Waals surface area contributed by atoms with Gasteiger partial charge in [-0.2, -0.15) is 0 Å². The molecule has 1 aromatic carbocycles. The molecule has 1 aliphatic heterocycles. The first-order valence-electron chi connectivity index (χ1n) is 4.86. The van der Waals surface area contributed by atoms with Crippen molar-refractivity contribution in [3.8, 4) is 0 Å². The fourth-order valence-corrected chi connectivity index (χ4v) is 4.83. The summed E-state index contributed by atoms with van der Waals surface area (Å²) in [6.45, 7) is 0. The normalized spacial score (nSPS) is 28.9. The first-order valence-corrected chi connectivity index (χ1v) is 8.22. The summed E-state index contributed by atoms with van der Waals surface area (Å²) in [5, 5.41) is 0. The first-order chi connectivity index (χ1) is 7.46. The second-order valence-corrected chi connectivity index (χ2v) is 7.85. The average molecular weight is 369 g/mol. The van der Waals surface area contributed by atoms with Crippen molar-refractivity contribution in [2.24, 2.45) is 0 Å². The Hall–Kier alpha value is 0.0900. The fourth-order valence-electron chi connectivity index (χ4n) is 1.77. The maximum Gasteiger partial charge on any atom is 0.213 e. The van der Waals surface area contributed by atoms with E-state index in [2.05, 4.69) is 36.6 Å². The highest BCUT2D eigenvalue weighted by atomic mass is 79.9. The number of nitrogens with one attached hydrogen (secondary N) is 1. The summed E-state index contributed by atoms with van der Waals surface area (Å²) >= 11 is 6.74. The smallest absolute Gasteiger partial charge is 0.212 e. The van der Waals surface area contributed by atoms with Gasteiger partial charge in [-0.1, -0.05) is 44.0 Å². The molecule has 0 radical (unpaired) electrons. The molecule has 0 spiro atoms. The SMILES string of the molecule is O=S1(=O)C[C@H](Br)C[C@H](c2ccc(Br)cc2)N1. The maximum absolute atomic E-state index is 11.6. The summed E-state index contributed by atoms with van der Waals surface area (Å²) < 4.78 is 26.8. The van der Waals surface area contributed by atoms with Gasteiger partial charge in [0, 0.05) is 15.3 Å². The van der Waals surface area contributed by atoms with Crippen LogP contribution in [0.3, 0.4) is 0 Å². The second kappa shape index (κ2) is 4.76. The van der Waals surface area contributed by atoms with Crippen LogP contribution in [0.5, 0.6) is 0 Å². The number of sulfonamides is 1. The van der Waals surface area contributed by atoms with Crippen LogP contribution >= 0.6 is 31.9 Å². The molecule has 88 valence electrons. The third-order valence-electron chi connectivity index (χ3n) is 2.49. The third kappa shape index (κ3) is 3.06. The average Bonchev–Trinajstić information content (AvgIpc) is 2.15. The molecule has 6 heteroatoms. The summed E-state index contributed by atoms with van der Waals surface area (Å²) in [5.41, 5.74) is 0.996. The third-order valence-corrected chi connectivity index (χ3v) is 5.63. The molecule has 1 saturated heterocycles. The molecule has 2 rings (SSSR count). The van der Waals surface area contributed by atoms with Gasteiger partial charge in [-0.05, 0) is 24.1 Å². The Morgan fingerprint density at radius 1 is 1.25 bits per heavy atom. The quantitative estimate of drug-likeness (QED) is 0.774. The van der Waals surface area contributed by atoms with E-state index in [1.54, 1.807) is 0 Å². The van der Waals surface area contributed by atoms with Gasteiger partial charge in [0.1, 0.15) is 0 Å². The monoisotopic (exact) mass is 367 g/mol. The molecule has 0 unspecified atom stereocenters. The first kappa shape index (κ1) is 12.5. The van der Waals surface area contributed by atoms with Crippen molar-refractivity contribution >= 4 is 41.9 Å². The molecule has 1 heterocycles. The van der Waals surface area contributed by atoms with E-state index in [4.69, 9.17) is 0 Å². The summed E-state index contributed by atoms with van der Waals surface area (Å²) in [6.07, 6.45) is 0.779. The van der Waals surface area contributed by atoms with E-state index in [0.29, 0.717) is 0 Å². The largest absolute Gasteiger partial charge is 0.213 e. The molecule has 1 aliphatic rings. The number of rotatable bonds is 1. The number of hydrogen-bond donors (Lipinski definition) is 1. The van der Waals surface area contributed by atoms with E-state index >= 15 is 0 Å². The summed E-state index contributed by atoms with van der Waals surface area (Å²) in [4.78, 5) is 0.0207. The molecule has 0 amide bonds. The van der Waals surface area contributed by atoms with E-state index in [1.807, 2.05) is 24.3 Å². The van der Waals surface area contributed by atoms with E-state index in [-0.39, 0.29) is 16.6 Å². The van der Waals surface area contributed by atoms with Gasteiger partial charge >= 0.3 is 0 Å². The van der Waals surface area contributed by atoms with Crippen molar-refractivity contribution in [2.75, 3.05) is 5.75 Å². The van der Waals surface area contributed by atoms with Crippen LogP contribution in [-0.2, 0) is 10.0 Å². The fraction of sp³-hybridized carbons (Fsp3) is 0.400. The Kier molecular flexibility index (Phi) is 3.73. The highest BCUT2D eigenvalue weighted by Crippen LogP contribution is 2.28. The van der Waals surface area contributed by atoms with Crippen molar-refractivity contribution in [1.82, 2.24) is 4.72 Å². The molecule has 16 heavy (non-hydrogen) atoms. The standard InChI is InChI=1S/C10H11Br2NO2S/c11-8-3-1-7(2-4-8)10-5-9(12)6-16(14,15)13-10/h1-4,9-10,13H,5-6H2/t9-,10-/m1/s1. The van der Waals surface area contributed by atoms with Crippen LogP contribution in [-0.4, -0.2) is 19.0 Å². The van der Waals surface area contributed by atoms with Crippen LogP contribution < -0.4 is 4.72 Å². The van der Waals surface area contributed by atoms with Crippen LogP contribution in [0.25, 0.3) is 0 Å².